The first kappa shape index (κ1) is 9.66. The van der Waals surface area contributed by atoms with E-state index in [9.17, 15) is 0 Å². The average Bonchev–Trinajstić information content (AvgIpc) is 2.84. The smallest absolute Gasteiger partial charge is 0.182 e. The number of rotatable bonds is 1. The van der Waals surface area contributed by atoms with Gasteiger partial charge in [0.2, 0.25) is 0 Å². The number of hydrogen-bond acceptors (Lipinski definition) is 2. The summed E-state index contributed by atoms with van der Waals surface area (Å²) in [5, 5.41) is 1.17. The summed E-state index contributed by atoms with van der Waals surface area (Å²) >= 11 is 3.38. The highest BCUT2D eigenvalue weighted by Gasteiger charge is 2.14. The summed E-state index contributed by atoms with van der Waals surface area (Å²) in [6.07, 6.45) is 3.50. The largest absolute Gasteiger partial charge is 0.442 e. The third-order valence-electron chi connectivity index (χ3n) is 2.67. The van der Waals surface area contributed by atoms with Crippen LogP contribution in [0, 0.1) is 0 Å². The molecule has 0 unspecified atom stereocenters. The van der Waals surface area contributed by atoms with Crippen molar-refractivity contribution in [1.82, 2.24) is 9.55 Å². The molecule has 0 saturated carbocycles. The van der Waals surface area contributed by atoms with Gasteiger partial charge in [-0.3, -0.25) is 0 Å². The quantitative estimate of drug-likeness (QED) is 0.680. The average molecular weight is 277 g/mol. The van der Waals surface area contributed by atoms with E-state index < -0.39 is 0 Å². The number of fused-ring (bicyclic) bond motifs is 1. The molecule has 0 N–H and O–H groups in total. The number of nitrogens with zero attached hydrogens (tertiary/aromatic N) is 2. The molecule has 0 radical (unpaired) electrons. The van der Waals surface area contributed by atoms with Crippen molar-refractivity contribution in [2.45, 2.75) is 0 Å². The molecule has 16 heavy (non-hydrogen) atoms. The lowest BCUT2D eigenvalue weighted by Gasteiger charge is -1.94. The molecular weight excluding hydrogens is 268 g/mol. The van der Waals surface area contributed by atoms with Gasteiger partial charge in [0.05, 0.1) is 0 Å². The van der Waals surface area contributed by atoms with E-state index in [0.29, 0.717) is 0 Å². The highest BCUT2D eigenvalue weighted by atomic mass is 79.9. The molecule has 3 nitrogen and oxygen atoms in total. The molecule has 0 spiro atoms. The Bertz CT molecular complexity index is 654. The van der Waals surface area contributed by atoms with Crippen molar-refractivity contribution in [3.63, 3.8) is 0 Å². The van der Waals surface area contributed by atoms with Gasteiger partial charge in [-0.25, -0.2) is 4.98 Å². The van der Waals surface area contributed by atoms with Crippen molar-refractivity contribution in [3.8, 4) is 11.3 Å². The molecule has 3 aromatic rings. The maximum Gasteiger partial charge on any atom is 0.182 e. The van der Waals surface area contributed by atoms with Crippen LogP contribution in [-0.4, -0.2) is 9.55 Å². The number of benzene rings is 1. The van der Waals surface area contributed by atoms with Gasteiger partial charge in [-0.1, -0.05) is 18.2 Å². The van der Waals surface area contributed by atoms with Gasteiger partial charge in [0, 0.05) is 29.7 Å². The van der Waals surface area contributed by atoms with Crippen molar-refractivity contribution in [3.05, 3.63) is 41.5 Å². The van der Waals surface area contributed by atoms with E-state index in [2.05, 4.69) is 43.8 Å². The fourth-order valence-corrected chi connectivity index (χ4v) is 2.32. The molecule has 2 aromatic heterocycles. The van der Waals surface area contributed by atoms with E-state index in [1.807, 2.05) is 19.2 Å². The van der Waals surface area contributed by atoms with Crippen LogP contribution in [0.15, 0.2) is 45.9 Å². The van der Waals surface area contributed by atoms with Gasteiger partial charge >= 0.3 is 0 Å². The maximum absolute atomic E-state index is 5.40. The van der Waals surface area contributed by atoms with E-state index in [1.54, 1.807) is 0 Å². The van der Waals surface area contributed by atoms with E-state index in [0.717, 1.165) is 15.9 Å². The van der Waals surface area contributed by atoms with Crippen LogP contribution >= 0.6 is 15.9 Å². The minimum absolute atomic E-state index is 0.740. The Morgan fingerprint density at radius 1 is 1.31 bits per heavy atom. The molecule has 4 heteroatoms. The molecule has 3 rings (SSSR count). The van der Waals surface area contributed by atoms with Crippen LogP contribution in [0.5, 0.6) is 0 Å². The fourth-order valence-electron chi connectivity index (χ4n) is 1.93. The zero-order chi connectivity index (χ0) is 11.1. The van der Waals surface area contributed by atoms with Crippen LogP contribution in [0.2, 0.25) is 0 Å². The minimum Gasteiger partial charge on any atom is -0.442 e. The summed E-state index contributed by atoms with van der Waals surface area (Å²) in [7, 11) is 2.02. The van der Waals surface area contributed by atoms with E-state index in [-0.39, 0.29) is 0 Å². The van der Waals surface area contributed by atoms with Gasteiger partial charge in [0.25, 0.3) is 0 Å². The van der Waals surface area contributed by atoms with Gasteiger partial charge in [-0.2, -0.15) is 0 Å². The normalized spacial score (nSPS) is 11.1. The van der Waals surface area contributed by atoms with Crippen LogP contribution < -0.4 is 0 Å². The second-order valence-electron chi connectivity index (χ2n) is 3.64. The lowest BCUT2D eigenvalue weighted by molar-refractivity contribution is 0.572. The van der Waals surface area contributed by atoms with Gasteiger partial charge in [0.15, 0.2) is 16.8 Å². The van der Waals surface area contributed by atoms with Crippen molar-refractivity contribution in [2.75, 3.05) is 0 Å². The molecule has 80 valence electrons. The fraction of sp³-hybridized carbons (Fsp3) is 0.0833. The number of hydrogen-bond donors (Lipinski definition) is 0. The van der Waals surface area contributed by atoms with E-state index in [4.69, 9.17) is 4.42 Å². The second-order valence-corrected chi connectivity index (χ2v) is 4.39. The number of halogens is 1. The highest BCUT2D eigenvalue weighted by molar-refractivity contribution is 9.10. The third kappa shape index (κ3) is 1.30. The first-order valence-corrected chi connectivity index (χ1v) is 5.70. The highest BCUT2D eigenvalue weighted by Crippen LogP contribution is 2.33. The Balaban J connectivity index is 2.37. The third-order valence-corrected chi connectivity index (χ3v) is 3.23. The molecule has 0 aliphatic carbocycles. The monoisotopic (exact) mass is 276 g/mol. The lowest BCUT2D eigenvalue weighted by Crippen LogP contribution is -1.81. The minimum atomic E-state index is 0.740. The molecule has 0 atom stereocenters. The summed E-state index contributed by atoms with van der Waals surface area (Å²) < 4.78 is 8.22. The van der Waals surface area contributed by atoms with Crippen molar-refractivity contribution in [1.29, 1.82) is 0 Å². The second kappa shape index (κ2) is 3.49. The molecular formula is C12H9BrN2O. The van der Waals surface area contributed by atoms with Gasteiger partial charge < -0.3 is 8.98 Å². The number of oxazole rings is 1. The van der Waals surface area contributed by atoms with Crippen molar-refractivity contribution in [2.24, 2.45) is 7.05 Å². The Labute approximate surface area is 101 Å². The Morgan fingerprint density at radius 2 is 2.12 bits per heavy atom. The van der Waals surface area contributed by atoms with Gasteiger partial charge in [0.1, 0.15) is 0 Å². The Morgan fingerprint density at radius 3 is 2.88 bits per heavy atom. The molecule has 0 amide bonds. The summed E-state index contributed by atoms with van der Waals surface area (Å²) in [5.74, 6) is 0.775. The lowest BCUT2D eigenvalue weighted by atomic mass is 10.1. The van der Waals surface area contributed by atoms with Crippen LogP contribution in [0.3, 0.4) is 0 Å². The summed E-state index contributed by atoms with van der Waals surface area (Å²) in [4.78, 5) is 4.05. The first-order chi connectivity index (χ1) is 7.77. The molecule has 0 fully saturated rings. The molecule has 0 saturated heterocycles. The van der Waals surface area contributed by atoms with Gasteiger partial charge in [-0.15, -0.1) is 0 Å². The van der Waals surface area contributed by atoms with Crippen LogP contribution in [-0.2, 0) is 7.05 Å². The molecule has 2 heterocycles. The number of aryl methyl sites for hydroxylation is 1. The molecule has 0 bridgehead atoms. The van der Waals surface area contributed by atoms with E-state index in [1.165, 1.54) is 17.3 Å². The summed E-state index contributed by atoms with van der Waals surface area (Å²) in [6, 6.07) is 8.22. The first-order valence-electron chi connectivity index (χ1n) is 4.91. The number of para-hydroxylation sites is 1. The SMILES string of the molecule is Cn1cc(-c2ocnc2Br)c2ccccc21. The predicted octanol–water partition coefficient (Wildman–Crippen LogP) is 3.60. The van der Waals surface area contributed by atoms with Gasteiger partial charge in [-0.05, 0) is 22.0 Å². The molecule has 1 aromatic carbocycles. The predicted molar refractivity (Wildman–Crippen MR) is 66.1 cm³/mol. The topological polar surface area (TPSA) is 31.0 Å². The van der Waals surface area contributed by atoms with Crippen molar-refractivity contribution < 1.29 is 4.42 Å². The Kier molecular flexibility index (Phi) is 2.11. The number of aromatic nitrogens is 2. The van der Waals surface area contributed by atoms with E-state index >= 15 is 0 Å². The summed E-state index contributed by atoms with van der Waals surface area (Å²) in [6.45, 7) is 0. The van der Waals surface area contributed by atoms with Crippen LogP contribution in [0.1, 0.15) is 0 Å². The molecule has 0 aliphatic heterocycles. The standard InChI is InChI=1S/C12H9BrN2O/c1-15-6-9(11-12(13)14-7-16-11)8-4-2-3-5-10(8)15/h2-7H,1H3. The zero-order valence-corrected chi connectivity index (χ0v) is 10.2. The Hall–Kier alpha value is -1.55. The van der Waals surface area contributed by atoms with Crippen LogP contribution in [0.4, 0.5) is 0 Å². The van der Waals surface area contributed by atoms with Crippen molar-refractivity contribution >= 4 is 26.8 Å². The summed E-state index contributed by atoms with van der Waals surface area (Å²) in [5.41, 5.74) is 2.24. The zero-order valence-electron chi connectivity index (χ0n) is 8.64. The molecule has 0 aliphatic rings. The maximum atomic E-state index is 5.40. The van der Waals surface area contributed by atoms with Crippen LogP contribution in [0.25, 0.3) is 22.2 Å².